The second-order valence-corrected chi connectivity index (χ2v) is 8.74. The minimum absolute atomic E-state index is 0.00473. The molecule has 0 saturated carbocycles. The molecule has 6 nitrogen and oxygen atoms in total. The van der Waals surface area contributed by atoms with Gasteiger partial charge in [0.1, 0.15) is 5.82 Å². The van der Waals surface area contributed by atoms with Gasteiger partial charge in [-0.3, -0.25) is 9.59 Å². The molecular formula is C24H27N3O3. The number of aryl methyl sites for hydroxylation is 2. The van der Waals surface area contributed by atoms with Crippen LogP contribution in [-0.4, -0.2) is 46.5 Å². The van der Waals surface area contributed by atoms with Crippen molar-refractivity contribution < 1.29 is 14.7 Å². The fraction of sp³-hybridized carbons (Fsp3) is 0.458. The number of hydrogen-bond acceptors (Lipinski definition) is 4. The average molecular weight is 405 g/mol. The number of anilines is 1. The maximum absolute atomic E-state index is 12.9. The lowest BCUT2D eigenvalue weighted by atomic mass is 9.87. The number of aromatic nitrogens is 1. The molecule has 5 rings (SSSR count). The summed E-state index contributed by atoms with van der Waals surface area (Å²) in [6.07, 6.45) is 3.40. The first kappa shape index (κ1) is 19.1. The number of fused-ring (bicyclic) bond motifs is 4. The van der Waals surface area contributed by atoms with Crippen LogP contribution in [-0.2, 0) is 22.4 Å². The molecule has 6 heteroatoms. The summed E-state index contributed by atoms with van der Waals surface area (Å²) >= 11 is 0. The van der Waals surface area contributed by atoms with Crippen LogP contribution in [0.15, 0.2) is 36.4 Å². The van der Waals surface area contributed by atoms with Crippen molar-refractivity contribution in [2.24, 2.45) is 5.92 Å². The van der Waals surface area contributed by atoms with E-state index in [1.54, 1.807) is 0 Å². The highest BCUT2D eigenvalue weighted by Crippen LogP contribution is 2.51. The molecule has 2 aromatic rings. The highest BCUT2D eigenvalue weighted by atomic mass is 16.4. The molecular weight excluding hydrogens is 378 g/mol. The molecule has 1 aromatic carbocycles. The fourth-order valence-corrected chi connectivity index (χ4v) is 5.54. The van der Waals surface area contributed by atoms with E-state index in [0.717, 1.165) is 36.5 Å². The van der Waals surface area contributed by atoms with Crippen molar-refractivity contribution in [3.05, 3.63) is 58.8 Å². The van der Waals surface area contributed by atoms with Crippen molar-refractivity contribution in [3.8, 4) is 0 Å². The second-order valence-electron chi connectivity index (χ2n) is 8.74. The first-order valence-electron chi connectivity index (χ1n) is 10.9. The normalized spacial score (nSPS) is 24.0. The van der Waals surface area contributed by atoms with Crippen molar-refractivity contribution in [2.75, 3.05) is 25.0 Å². The molecule has 1 aliphatic carbocycles. The summed E-state index contributed by atoms with van der Waals surface area (Å²) in [5.74, 6) is 0.787. The Morgan fingerprint density at radius 1 is 1.13 bits per heavy atom. The van der Waals surface area contributed by atoms with Gasteiger partial charge < -0.3 is 15.3 Å². The van der Waals surface area contributed by atoms with Crippen LogP contribution in [0.2, 0.25) is 0 Å². The molecule has 2 aliphatic heterocycles. The number of pyridine rings is 1. The SMILES string of the molecule is O=C(O)C[C@@H]1c2ccccc2[C@@H]2CN(C(=O)CCc3ccc4c(n3)NCCC4)C[C@H]12. The Morgan fingerprint density at radius 2 is 1.97 bits per heavy atom. The predicted molar refractivity (Wildman–Crippen MR) is 114 cm³/mol. The van der Waals surface area contributed by atoms with Crippen molar-refractivity contribution in [1.29, 1.82) is 0 Å². The van der Waals surface area contributed by atoms with E-state index in [4.69, 9.17) is 4.98 Å². The minimum atomic E-state index is -0.771. The first-order valence-corrected chi connectivity index (χ1v) is 10.9. The number of carboxylic acids is 1. The third-order valence-electron chi connectivity index (χ3n) is 6.97. The summed E-state index contributed by atoms with van der Waals surface area (Å²) in [6, 6.07) is 12.3. The number of carboxylic acid groups (broad SMARTS) is 1. The monoisotopic (exact) mass is 405 g/mol. The van der Waals surface area contributed by atoms with Crippen molar-refractivity contribution in [2.45, 2.75) is 43.9 Å². The number of likely N-dealkylation sites (tertiary alicyclic amines) is 1. The number of aliphatic carboxylic acids is 1. The fourth-order valence-electron chi connectivity index (χ4n) is 5.54. The zero-order valence-corrected chi connectivity index (χ0v) is 17.0. The Morgan fingerprint density at radius 3 is 2.80 bits per heavy atom. The third-order valence-corrected chi connectivity index (χ3v) is 6.97. The predicted octanol–water partition coefficient (Wildman–Crippen LogP) is 3.19. The maximum Gasteiger partial charge on any atom is 0.303 e. The molecule has 3 aliphatic rings. The number of hydrogen-bond donors (Lipinski definition) is 2. The summed E-state index contributed by atoms with van der Waals surface area (Å²) in [5.41, 5.74) is 4.59. The zero-order chi connectivity index (χ0) is 20.7. The van der Waals surface area contributed by atoms with E-state index in [2.05, 4.69) is 23.5 Å². The van der Waals surface area contributed by atoms with Gasteiger partial charge in [-0.05, 0) is 53.9 Å². The van der Waals surface area contributed by atoms with Gasteiger partial charge in [-0.2, -0.15) is 0 Å². The molecule has 0 unspecified atom stereocenters. The summed E-state index contributed by atoms with van der Waals surface area (Å²) in [6.45, 7) is 2.29. The van der Waals surface area contributed by atoms with Gasteiger partial charge in [-0.15, -0.1) is 0 Å². The largest absolute Gasteiger partial charge is 0.481 e. The van der Waals surface area contributed by atoms with Crippen LogP contribution in [0.25, 0.3) is 0 Å². The number of carbonyl (C=O) groups excluding carboxylic acids is 1. The molecule has 1 saturated heterocycles. The number of nitrogens with zero attached hydrogens (tertiary/aromatic N) is 2. The summed E-state index contributed by atoms with van der Waals surface area (Å²) in [4.78, 5) is 31.0. The number of amides is 1. The topological polar surface area (TPSA) is 82.5 Å². The van der Waals surface area contributed by atoms with Crippen LogP contribution < -0.4 is 5.32 Å². The Bertz CT molecular complexity index is 989. The zero-order valence-electron chi connectivity index (χ0n) is 17.0. The number of benzene rings is 1. The standard InChI is InChI=1S/C24H27N3O3/c28-22(10-9-16-8-7-15-4-3-11-25-24(15)26-16)27-13-20-18-6-2-1-5-17(18)19(12-23(29)30)21(20)14-27/h1-2,5-8,19-21H,3-4,9-14H2,(H,25,26)(H,29,30)/t19-,20+,21-/m1/s1. The van der Waals surface area contributed by atoms with Gasteiger partial charge in [-0.25, -0.2) is 4.98 Å². The second kappa shape index (κ2) is 7.74. The third kappa shape index (κ3) is 3.44. The Hall–Kier alpha value is -2.89. The van der Waals surface area contributed by atoms with E-state index < -0.39 is 5.97 Å². The Balaban J connectivity index is 1.26. The molecule has 3 heterocycles. The number of carbonyl (C=O) groups is 2. The summed E-state index contributed by atoms with van der Waals surface area (Å²) < 4.78 is 0. The first-order chi connectivity index (χ1) is 14.6. The van der Waals surface area contributed by atoms with Crippen LogP contribution >= 0.6 is 0 Å². The Labute approximate surface area is 176 Å². The van der Waals surface area contributed by atoms with Crippen LogP contribution in [0.3, 0.4) is 0 Å². The molecule has 1 fully saturated rings. The van der Waals surface area contributed by atoms with Crippen molar-refractivity contribution in [1.82, 2.24) is 9.88 Å². The molecule has 0 bridgehead atoms. The van der Waals surface area contributed by atoms with Crippen molar-refractivity contribution >= 4 is 17.7 Å². The maximum atomic E-state index is 12.9. The number of rotatable bonds is 5. The molecule has 0 spiro atoms. The molecule has 3 atom stereocenters. The Kier molecular flexibility index (Phi) is 4.93. The van der Waals surface area contributed by atoms with Crippen LogP contribution in [0.5, 0.6) is 0 Å². The smallest absolute Gasteiger partial charge is 0.303 e. The summed E-state index contributed by atoms with van der Waals surface area (Å²) in [7, 11) is 0. The van der Waals surface area contributed by atoms with Gasteiger partial charge in [0.2, 0.25) is 5.91 Å². The highest BCUT2D eigenvalue weighted by Gasteiger charge is 2.47. The van der Waals surface area contributed by atoms with Gasteiger partial charge in [0, 0.05) is 37.7 Å². The van der Waals surface area contributed by atoms with E-state index in [-0.39, 0.29) is 30.1 Å². The lowest BCUT2D eigenvalue weighted by Gasteiger charge is -2.21. The van der Waals surface area contributed by atoms with E-state index in [1.165, 1.54) is 11.1 Å². The van der Waals surface area contributed by atoms with Gasteiger partial charge in [-0.1, -0.05) is 30.3 Å². The average Bonchev–Trinajstić information content (AvgIpc) is 3.31. The van der Waals surface area contributed by atoms with E-state index in [9.17, 15) is 14.7 Å². The van der Waals surface area contributed by atoms with Gasteiger partial charge >= 0.3 is 5.97 Å². The van der Waals surface area contributed by atoms with E-state index >= 15 is 0 Å². The van der Waals surface area contributed by atoms with Crippen LogP contribution in [0.1, 0.15) is 53.5 Å². The summed E-state index contributed by atoms with van der Waals surface area (Å²) in [5, 5.41) is 12.7. The number of nitrogens with one attached hydrogen (secondary N) is 1. The quantitative estimate of drug-likeness (QED) is 0.798. The van der Waals surface area contributed by atoms with Crippen molar-refractivity contribution in [3.63, 3.8) is 0 Å². The molecule has 2 N–H and O–H groups in total. The van der Waals surface area contributed by atoms with Gasteiger partial charge in [0.15, 0.2) is 0 Å². The molecule has 30 heavy (non-hydrogen) atoms. The highest BCUT2D eigenvalue weighted by molar-refractivity contribution is 5.77. The molecule has 1 amide bonds. The molecule has 156 valence electrons. The van der Waals surface area contributed by atoms with Crippen LogP contribution in [0, 0.1) is 5.92 Å². The van der Waals surface area contributed by atoms with E-state index in [1.807, 2.05) is 23.1 Å². The van der Waals surface area contributed by atoms with Crippen LogP contribution in [0.4, 0.5) is 5.82 Å². The minimum Gasteiger partial charge on any atom is -0.481 e. The van der Waals surface area contributed by atoms with Gasteiger partial charge in [0.05, 0.1) is 6.42 Å². The lowest BCUT2D eigenvalue weighted by molar-refractivity contribution is -0.137. The lowest BCUT2D eigenvalue weighted by Crippen LogP contribution is -2.30. The van der Waals surface area contributed by atoms with E-state index in [0.29, 0.717) is 25.9 Å². The van der Waals surface area contributed by atoms with Gasteiger partial charge in [0.25, 0.3) is 0 Å². The molecule has 0 radical (unpaired) electrons. The molecule has 1 aromatic heterocycles.